The highest BCUT2D eigenvalue weighted by Gasteiger charge is 2.05. The third-order valence-electron chi connectivity index (χ3n) is 2.83. The van der Waals surface area contributed by atoms with Gasteiger partial charge in [0, 0.05) is 18.9 Å². The van der Waals surface area contributed by atoms with Gasteiger partial charge in [0.2, 0.25) is 0 Å². The van der Waals surface area contributed by atoms with Gasteiger partial charge in [-0.25, -0.2) is 0 Å². The number of aromatic amines is 1. The lowest BCUT2D eigenvalue weighted by Crippen LogP contribution is -2.02. The lowest BCUT2D eigenvalue weighted by atomic mass is 10.1. The van der Waals surface area contributed by atoms with Gasteiger partial charge in [-0.1, -0.05) is 0 Å². The van der Waals surface area contributed by atoms with Gasteiger partial charge in [-0.15, -0.1) is 0 Å². The van der Waals surface area contributed by atoms with Gasteiger partial charge in [0.05, 0.1) is 14.2 Å². The van der Waals surface area contributed by atoms with Crippen molar-refractivity contribution in [3.05, 3.63) is 40.9 Å². The lowest BCUT2D eigenvalue weighted by molar-refractivity contribution is 0.397. The topological polar surface area (TPSA) is 39.2 Å². The summed E-state index contributed by atoms with van der Waals surface area (Å²) in [6.45, 7) is 0.811. The summed E-state index contributed by atoms with van der Waals surface area (Å²) in [4.78, 5) is 2.98. The number of aryl methyl sites for hydroxylation is 2. The molecule has 0 aliphatic rings. The third-order valence-corrected chi connectivity index (χ3v) is 3.18. The standard InChI is InChI=1S/C13H16N2O2S/c1-16-11-3-4-12(17-2)10(9-11)5-7-15-8-6-14-13(15)18/h3-4,6,8-9H,5,7H2,1-2H3,(H,14,18). The quantitative estimate of drug-likeness (QED) is 0.844. The summed E-state index contributed by atoms with van der Waals surface area (Å²) in [6.07, 6.45) is 4.62. The molecule has 2 rings (SSSR count). The maximum Gasteiger partial charge on any atom is 0.177 e. The van der Waals surface area contributed by atoms with Gasteiger partial charge >= 0.3 is 0 Å². The number of H-pyrrole nitrogens is 1. The van der Waals surface area contributed by atoms with Crippen molar-refractivity contribution in [2.75, 3.05) is 14.2 Å². The molecule has 18 heavy (non-hydrogen) atoms. The number of aromatic nitrogens is 2. The van der Waals surface area contributed by atoms with E-state index in [-0.39, 0.29) is 0 Å². The molecule has 1 aromatic heterocycles. The molecule has 0 aliphatic heterocycles. The molecule has 0 saturated carbocycles. The molecule has 0 aliphatic carbocycles. The van der Waals surface area contributed by atoms with Crippen LogP contribution in [0.5, 0.6) is 11.5 Å². The van der Waals surface area contributed by atoms with E-state index < -0.39 is 0 Å². The summed E-state index contributed by atoms with van der Waals surface area (Å²) in [6, 6.07) is 5.81. The van der Waals surface area contributed by atoms with Crippen LogP contribution in [0.15, 0.2) is 30.6 Å². The highest BCUT2D eigenvalue weighted by Crippen LogP contribution is 2.24. The van der Waals surface area contributed by atoms with Gasteiger partial charge in [-0.2, -0.15) is 0 Å². The molecular formula is C13H16N2O2S. The second-order valence-electron chi connectivity index (χ2n) is 3.89. The SMILES string of the molecule is COc1ccc(OC)c(CCn2cc[nH]c2=S)c1. The summed E-state index contributed by atoms with van der Waals surface area (Å²) in [7, 11) is 3.33. The third kappa shape index (κ3) is 2.73. The highest BCUT2D eigenvalue weighted by atomic mass is 32.1. The summed E-state index contributed by atoms with van der Waals surface area (Å²) >= 11 is 5.16. The van der Waals surface area contributed by atoms with Crippen LogP contribution in [-0.4, -0.2) is 23.8 Å². The van der Waals surface area contributed by atoms with E-state index in [4.69, 9.17) is 21.7 Å². The Labute approximate surface area is 111 Å². The molecule has 0 bridgehead atoms. The van der Waals surface area contributed by atoms with Gasteiger partial charge in [-0.05, 0) is 42.4 Å². The van der Waals surface area contributed by atoms with Crippen LogP contribution in [-0.2, 0) is 13.0 Å². The minimum atomic E-state index is 0.733. The fourth-order valence-electron chi connectivity index (χ4n) is 1.84. The minimum Gasteiger partial charge on any atom is -0.497 e. The van der Waals surface area contributed by atoms with E-state index in [1.54, 1.807) is 14.2 Å². The van der Waals surface area contributed by atoms with Crippen molar-refractivity contribution in [2.45, 2.75) is 13.0 Å². The zero-order valence-electron chi connectivity index (χ0n) is 10.5. The number of hydrogen-bond donors (Lipinski definition) is 1. The number of rotatable bonds is 5. The Hall–Kier alpha value is -1.75. The average molecular weight is 264 g/mol. The predicted octanol–water partition coefficient (Wildman–Crippen LogP) is 2.81. The van der Waals surface area contributed by atoms with Crippen molar-refractivity contribution in [1.82, 2.24) is 9.55 Å². The van der Waals surface area contributed by atoms with Crippen LogP contribution in [0.2, 0.25) is 0 Å². The van der Waals surface area contributed by atoms with E-state index in [0.717, 1.165) is 34.8 Å². The van der Waals surface area contributed by atoms with E-state index in [2.05, 4.69) is 4.98 Å². The van der Waals surface area contributed by atoms with Crippen LogP contribution >= 0.6 is 12.2 Å². The van der Waals surface area contributed by atoms with Gasteiger partial charge in [0.15, 0.2) is 4.77 Å². The monoisotopic (exact) mass is 264 g/mol. The van der Waals surface area contributed by atoms with Crippen molar-refractivity contribution in [2.24, 2.45) is 0 Å². The Morgan fingerprint density at radius 2 is 2.11 bits per heavy atom. The molecule has 0 amide bonds. The van der Waals surface area contributed by atoms with Crippen LogP contribution < -0.4 is 9.47 Å². The number of methoxy groups -OCH3 is 2. The van der Waals surface area contributed by atoms with Gasteiger partial charge in [-0.3, -0.25) is 0 Å². The summed E-state index contributed by atoms with van der Waals surface area (Å²) in [5.41, 5.74) is 1.11. The molecule has 0 atom stereocenters. The average Bonchev–Trinajstić information content (AvgIpc) is 2.81. The zero-order valence-corrected chi connectivity index (χ0v) is 11.3. The molecular weight excluding hydrogens is 248 g/mol. The van der Waals surface area contributed by atoms with E-state index in [1.165, 1.54) is 0 Å². The summed E-state index contributed by atoms with van der Waals surface area (Å²) in [5, 5.41) is 0. The first-order valence-electron chi connectivity index (χ1n) is 5.69. The number of nitrogens with zero attached hydrogens (tertiary/aromatic N) is 1. The fraction of sp³-hybridized carbons (Fsp3) is 0.308. The normalized spacial score (nSPS) is 10.3. The first-order valence-corrected chi connectivity index (χ1v) is 6.10. The molecule has 1 heterocycles. The van der Waals surface area contributed by atoms with Gasteiger partial charge < -0.3 is 19.0 Å². The molecule has 96 valence electrons. The second kappa shape index (κ2) is 5.73. The first-order chi connectivity index (χ1) is 8.74. The molecule has 1 aromatic carbocycles. The molecule has 4 nitrogen and oxygen atoms in total. The smallest absolute Gasteiger partial charge is 0.177 e. The van der Waals surface area contributed by atoms with Gasteiger partial charge in [0.25, 0.3) is 0 Å². The van der Waals surface area contributed by atoms with Gasteiger partial charge in [0.1, 0.15) is 11.5 Å². The molecule has 5 heteroatoms. The van der Waals surface area contributed by atoms with Crippen molar-refractivity contribution in [1.29, 1.82) is 0 Å². The molecule has 0 spiro atoms. The van der Waals surface area contributed by atoms with Crippen molar-refractivity contribution in [3.63, 3.8) is 0 Å². The van der Waals surface area contributed by atoms with Crippen molar-refractivity contribution in [3.8, 4) is 11.5 Å². The first kappa shape index (κ1) is 12.7. The maximum atomic E-state index is 5.35. The predicted molar refractivity (Wildman–Crippen MR) is 72.9 cm³/mol. The van der Waals surface area contributed by atoms with Crippen LogP contribution in [0.4, 0.5) is 0 Å². The Morgan fingerprint density at radius 1 is 1.28 bits per heavy atom. The summed E-state index contributed by atoms with van der Waals surface area (Å²) in [5.74, 6) is 1.71. The van der Waals surface area contributed by atoms with Crippen LogP contribution in [0.3, 0.4) is 0 Å². The highest BCUT2D eigenvalue weighted by molar-refractivity contribution is 7.71. The zero-order chi connectivity index (χ0) is 13.0. The number of ether oxygens (including phenoxy) is 2. The van der Waals surface area contributed by atoms with E-state index >= 15 is 0 Å². The lowest BCUT2D eigenvalue weighted by Gasteiger charge is -2.10. The molecule has 0 unspecified atom stereocenters. The minimum absolute atomic E-state index is 0.733. The van der Waals surface area contributed by atoms with Crippen molar-refractivity contribution >= 4 is 12.2 Å². The Balaban J connectivity index is 2.17. The Kier molecular flexibility index (Phi) is 4.04. The largest absolute Gasteiger partial charge is 0.497 e. The molecule has 1 N–H and O–H groups in total. The summed E-state index contributed by atoms with van der Waals surface area (Å²) < 4.78 is 13.3. The Bertz CT molecular complexity index is 574. The number of hydrogen-bond acceptors (Lipinski definition) is 3. The van der Waals surface area contributed by atoms with Crippen molar-refractivity contribution < 1.29 is 9.47 Å². The molecule has 0 radical (unpaired) electrons. The van der Waals surface area contributed by atoms with Crippen LogP contribution in [0, 0.1) is 4.77 Å². The van der Waals surface area contributed by atoms with Crippen LogP contribution in [0.1, 0.15) is 5.56 Å². The maximum absolute atomic E-state index is 5.35. The van der Waals surface area contributed by atoms with E-state index in [9.17, 15) is 0 Å². The molecule has 2 aromatic rings. The van der Waals surface area contributed by atoms with Crippen LogP contribution in [0.25, 0.3) is 0 Å². The van der Waals surface area contributed by atoms with E-state index in [1.807, 2.05) is 35.2 Å². The number of benzene rings is 1. The molecule has 0 fully saturated rings. The Morgan fingerprint density at radius 3 is 2.72 bits per heavy atom. The number of imidazole rings is 1. The molecule has 0 saturated heterocycles. The fourth-order valence-corrected chi connectivity index (χ4v) is 2.06. The number of nitrogens with one attached hydrogen (secondary N) is 1. The van der Waals surface area contributed by atoms with E-state index in [0.29, 0.717) is 0 Å². The second-order valence-corrected chi connectivity index (χ2v) is 4.27.